The summed E-state index contributed by atoms with van der Waals surface area (Å²) in [4.78, 5) is 32.1. The number of amides is 2. The van der Waals surface area contributed by atoms with E-state index in [2.05, 4.69) is 31.0 Å². The second-order valence-corrected chi connectivity index (χ2v) is 6.81. The molecule has 0 aliphatic carbocycles. The molecule has 0 atom stereocenters. The van der Waals surface area contributed by atoms with Gasteiger partial charge in [-0.3, -0.25) is 19.6 Å². The monoisotopic (exact) mass is 408 g/mol. The number of pyridine rings is 2. The van der Waals surface area contributed by atoms with Crippen molar-refractivity contribution < 1.29 is 9.59 Å². The molecule has 2 aromatic rings. The van der Waals surface area contributed by atoms with E-state index < -0.39 is 0 Å². The van der Waals surface area contributed by atoms with E-state index >= 15 is 0 Å². The van der Waals surface area contributed by atoms with E-state index in [0.29, 0.717) is 24.3 Å². The predicted molar refractivity (Wildman–Crippen MR) is 117 cm³/mol. The second kappa shape index (κ2) is 12.9. The van der Waals surface area contributed by atoms with Crippen LogP contribution >= 0.6 is 0 Å². The third-order valence-corrected chi connectivity index (χ3v) is 4.33. The van der Waals surface area contributed by atoms with E-state index in [4.69, 9.17) is 0 Å². The van der Waals surface area contributed by atoms with E-state index in [0.717, 1.165) is 37.1 Å². The van der Waals surface area contributed by atoms with Gasteiger partial charge in [0.2, 0.25) is 11.8 Å². The normalized spacial score (nSPS) is 11.8. The number of rotatable bonds is 11. The van der Waals surface area contributed by atoms with Gasteiger partial charge in [-0.15, -0.1) is 0 Å². The molecule has 2 heterocycles. The largest absolute Gasteiger partial charge is 0.273 e. The Hall–Kier alpha value is -3.42. The molecule has 0 radical (unpaired) electrons. The topological polar surface area (TPSA) is 109 Å². The molecular formula is C22H28N6O2. The Kier molecular flexibility index (Phi) is 9.85. The Morgan fingerprint density at radius 2 is 1.17 bits per heavy atom. The third kappa shape index (κ3) is 8.72. The summed E-state index contributed by atoms with van der Waals surface area (Å²) >= 11 is 0. The molecule has 8 heteroatoms. The molecule has 0 saturated heterocycles. The molecule has 0 aliphatic heterocycles. The summed E-state index contributed by atoms with van der Waals surface area (Å²) in [6.07, 6.45) is 7.43. The van der Waals surface area contributed by atoms with Crippen LogP contribution in [0.5, 0.6) is 0 Å². The molecule has 2 amide bonds. The molecule has 30 heavy (non-hydrogen) atoms. The standard InChI is InChI=1S/C22H28N6O2/c1-17(19-11-7-9-15-23-19)25-27-21(29)13-5-3-4-6-14-22(30)28-26-18(2)20-12-8-10-16-24-20/h7-12,15-16H,3-6,13-14H2,1-2H3,(H,27,29)(H,28,30)/b25-17+,26-18+. The highest BCUT2D eigenvalue weighted by Gasteiger charge is 2.04. The SMILES string of the molecule is C/C(=N\NC(=O)CCCCCCC(=O)N/N=C(\C)c1ccccn1)c1ccccn1. The van der Waals surface area contributed by atoms with Gasteiger partial charge in [-0.2, -0.15) is 10.2 Å². The molecule has 0 unspecified atom stereocenters. The average molecular weight is 409 g/mol. The minimum absolute atomic E-state index is 0.123. The fourth-order valence-corrected chi connectivity index (χ4v) is 2.60. The van der Waals surface area contributed by atoms with Crippen molar-refractivity contribution in [2.75, 3.05) is 0 Å². The summed E-state index contributed by atoms with van der Waals surface area (Å²) in [6.45, 7) is 3.60. The molecule has 0 fully saturated rings. The van der Waals surface area contributed by atoms with Crippen LogP contribution in [-0.4, -0.2) is 33.2 Å². The average Bonchev–Trinajstić information content (AvgIpc) is 2.79. The van der Waals surface area contributed by atoms with Crippen LogP contribution in [0.15, 0.2) is 59.0 Å². The van der Waals surface area contributed by atoms with Crippen molar-refractivity contribution in [1.29, 1.82) is 0 Å². The lowest BCUT2D eigenvalue weighted by Crippen LogP contribution is -2.19. The minimum atomic E-state index is -0.123. The number of nitrogens with one attached hydrogen (secondary N) is 2. The second-order valence-electron chi connectivity index (χ2n) is 6.81. The molecule has 8 nitrogen and oxygen atoms in total. The van der Waals surface area contributed by atoms with Crippen molar-refractivity contribution in [3.63, 3.8) is 0 Å². The molecular weight excluding hydrogens is 380 g/mol. The van der Waals surface area contributed by atoms with Gasteiger partial charge in [0.15, 0.2) is 0 Å². The minimum Gasteiger partial charge on any atom is -0.273 e. The van der Waals surface area contributed by atoms with Gasteiger partial charge >= 0.3 is 0 Å². The number of hydrazone groups is 2. The van der Waals surface area contributed by atoms with Crippen molar-refractivity contribution >= 4 is 23.2 Å². The predicted octanol–water partition coefficient (Wildman–Crippen LogP) is 3.20. The molecule has 0 aromatic carbocycles. The molecule has 0 bridgehead atoms. The van der Waals surface area contributed by atoms with Crippen LogP contribution in [-0.2, 0) is 9.59 Å². The molecule has 2 rings (SSSR count). The third-order valence-electron chi connectivity index (χ3n) is 4.33. The van der Waals surface area contributed by atoms with E-state index in [1.165, 1.54) is 0 Å². The number of unbranched alkanes of at least 4 members (excludes halogenated alkanes) is 3. The summed E-state index contributed by atoms with van der Waals surface area (Å²) < 4.78 is 0. The van der Waals surface area contributed by atoms with E-state index in [1.54, 1.807) is 26.2 Å². The summed E-state index contributed by atoms with van der Waals surface area (Å²) in [7, 11) is 0. The highest BCUT2D eigenvalue weighted by Crippen LogP contribution is 2.06. The van der Waals surface area contributed by atoms with Crippen LogP contribution in [0.2, 0.25) is 0 Å². The van der Waals surface area contributed by atoms with Gasteiger partial charge in [0.1, 0.15) is 0 Å². The molecule has 0 spiro atoms. The molecule has 0 saturated carbocycles. The van der Waals surface area contributed by atoms with Crippen LogP contribution in [0.4, 0.5) is 0 Å². The number of aromatic nitrogens is 2. The zero-order valence-electron chi connectivity index (χ0n) is 17.5. The first-order chi connectivity index (χ1) is 14.6. The number of carbonyl (C=O) groups excluding carboxylic acids is 2. The Balaban J connectivity index is 1.55. The zero-order valence-corrected chi connectivity index (χ0v) is 17.5. The fourth-order valence-electron chi connectivity index (χ4n) is 2.60. The Morgan fingerprint density at radius 3 is 1.53 bits per heavy atom. The van der Waals surface area contributed by atoms with Crippen LogP contribution in [0, 0.1) is 0 Å². The number of carbonyl (C=O) groups is 2. The zero-order chi connectivity index (χ0) is 21.6. The van der Waals surface area contributed by atoms with Crippen molar-refractivity contribution in [3.05, 3.63) is 60.2 Å². The lowest BCUT2D eigenvalue weighted by Gasteiger charge is -2.04. The van der Waals surface area contributed by atoms with Crippen molar-refractivity contribution in [2.45, 2.75) is 52.4 Å². The maximum atomic E-state index is 11.9. The summed E-state index contributed by atoms with van der Waals surface area (Å²) in [5.41, 5.74) is 7.90. The van der Waals surface area contributed by atoms with E-state index in [-0.39, 0.29) is 11.8 Å². The number of hydrogen-bond donors (Lipinski definition) is 2. The highest BCUT2D eigenvalue weighted by molar-refractivity contribution is 5.98. The molecule has 0 aliphatic rings. The fraction of sp³-hybridized carbons (Fsp3) is 0.364. The van der Waals surface area contributed by atoms with Gasteiger partial charge in [-0.05, 0) is 51.0 Å². The van der Waals surface area contributed by atoms with Crippen LogP contribution in [0.1, 0.15) is 63.8 Å². The lowest BCUT2D eigenvalue weighted by atomic mass is 10.1. The van der Waals surface area contributed by atoms with E-state index in [9.17, 15) is 9.59 Å². The van der Waals surface area contributed by atoms with Crippen molar-refractivity contribution in [1.82, 2.24) is 20.8 Å². The van der Waals surface area contributed by atoms with Crippen LogP contribution in [0.3, 0.4) is 0 Å². The smallest absolute Gasteiger partial charge is 0.240 e. The number of hydrogen-bond acceptors (Lipinski definition) is 6. The van der Waals surface area contributed by atoms with Gasteiger partial charge in [0.05, 0.1) is 22.8 Å². The van der Waals surface area contributed by atoms with Gasteiger partial charge in [-0.25, -0.2) is 10.9 Å². The van der Waals surface area contributed by atoms with Crippen LogP contribution in [0.25, 0.3) is 0 Å². The van der Waals surface area contributed by atoms with Gasteiger partial charge in [-0.1, -0.05) is 25.0 Å². The van der Waals surface area contributed by atoms with E-state index in [1.807, 2.05) is 36.4 Å². The number of nitrogens with zero attached hydrogens (tertiary/aromatic N) is 4. The summed E-state index contributed by atoms with van der Waals surface area (Å²) in [5, 5.41) is 8.15. The first kappa shape index (κ1) is 22.9. The molecule has 158 valence electrons. The van der Waals surface area contributed by atoms with Crippen LogP contribution < -0.4 is 10.9 Å². The molecule has 2 aromatic heterocycles. The Morgan fingerprint density at radius 1 is 0.733 bits per heavy atom. The van der Waals surface area contributed by atoms with Crippen molar-refractivity contribution in [3.8, 4) is 0 Å². The maximum Gasteiger partial charge on any atom is 0.240 e. The highest BCUT2D eigenvalue weighted by atomic mass is 16.2. The molecule has 2 N–H and O–H groups in total. The summed E-state index contributed by atoms with van der Waals surface area (Å²) in [5.74, 6) is -0.246. The maximum absolute atomic E-state index is 11.9. The van der Waals surface area contributed by atoms with Gasteiger partial charge in [0.25, 0.3) is 0 Å². The lowest BCUT2D eigenvalue weighted by molar-refractivity contribution is -0.122. The Labute approximate surface area is 176 Å². The Bertz CT molecular complexity index is 792. The first-order valence-corrected chi connectivity index (χ1v) is 10.1. The quantitative estimate of drug-likeness (QED) is 0.338. The first-order valence-electron chi connectivity index (χ1n) is 10.1. The van der Waals surface area contributed by atoms with Gasteiger partial charge in [0, 0.05) is 25.2 Å². The van der Waals surface area contributed by atoms with Gasteiger partial charge < -0.3 is 0 Å². The van der Waals surface area contributed by atoms with Crippen molar-refractivity contribution in [2.24, 2.45) is 10.2 Å². The summed E-state index contributed by atoms with van der Waals surface area (Å²) in [6, 6.07) is 11.1.